The molecule has 0 saturated carbocycles. The summed E-state index contributed by atoms with van der Waals surface area (Å²) in [7, 11) is 0. The molecule has 0 nitrogen and oxygen atoms in total. The topological polar surface area (TPSA) is 0 Å². The fourth-order valence-electron chi connectivity index (χ4n) is 0.640. The minimum atomic E-state index is 0.105. The van der Waals surface area contributed by atoms with Crippen LogP contribution in [0.3, 0.4) is 0 Å². The van der Waals surface area contributed by atoms with Crippen LogP contribution in [0.4, 0.5) is 0 Å². The van der Waals surface area contributed by atoms with Gasteiger partial charge in [0.25, 0.3) is 0 Å². The molecule has 0 aliphatic carbocycles. The monoisotopic (exact) mass is 234 g/mol. The summed E-state index contributed by atoms with van der Waals surface area (Å²) >= 11 is 0.105. The molecule has 0 atom stereocenters. The molecule has 0 N–H and O–H groups in total. The zero-order chi connectivity index (χ0) is 7.33. The molecule has 1 heteroatoms. The summed E-state index contributed by atoms with van der Waals surface area (Å²) in [6.07, 6.45) is 1.45. The van der Waals surface area contributed by atoms with Gasteiger partial charge < -0.3 is 0 Å². The van der Waals surface area contributed by atoms with Crippen LogP contribution >= 0.6 is 0 Å². The molecular weight excluding hydrogens is 215 g/mol. The Morgan fingerprint density at radius 3 is 2.11 bits per heavy atom. The Balaban J connectivity index is 3.07. The van der Waals surface area contributed by atoms with Gasteiger partial charge >= 0.3 is 69.5 Å². The van der Waals surface area contributed by atoms with Crippen LogP contribution in [-0.2, 0) is 0 Å². The SMILES string of the molecule is C[CH2][Sn][CH2]CC(C)(C)C. The quantitative estimate of drug-likeness (QED) is 0.519. The zero-order valence-corrected chi connectivity index (χ0v) is 9.98. The normalized spacial score (nSPS) is 12.0. The van der Waals surface area contributed by atoms with Crippen LogP contribution in [-0.4, -0.2) is 21.1 Å². The van der Waals surface area contributed by atoms with Gasteiger partial charge in [-0.05, 0) is 0 Å². The fourth-order valence-corrected chi connectivity index (χ4v) is 4.29. The molecule has 2 radical (unpaired) electrons. The Kier molecular flexibility index (Phi) is 5.00. The average molecular weight is 233 g/mol. The fraction of sp³-hybridized carbons (Fsp3) is 1.00. The van der Waals surface area contributed by atoms with E-state index in [1.165, 1.54) is 10.9 Å². The second-order valence-corrected chi connectivity index (χ2v) is 8.54. The molecule has 0 aromatic heterocycles. The second kappa shape index (κ2) is 4.59. The van der Waals surface area contributed by atoms with Crippen molar-refractivity contribution >= 4 is 21.1 Å². The van der Waals surface area contributed by atoms with Crippen LogP contribution in [0.15, 0.2) is 0 Å². The van der Waals surface area contributed by atoms with Gasteiger partial charge in [0.05, 0.1) is 0 Å². The summed E-state index contributed by atoms with van der Waals surface area (Å²) in [6.45, 7) is 9.33. The molecule has 0 heterocycles. The van der Waals surface area contributed by atoms with Crippen molar-refractivity contribution in [1.29, 1.82) is 0 Å². The number of hydrogen-bond donors (Lipinski definition) is 0. The van der Waals surface area contributed by atoms with Crippen LogP contribution in [0.5, 0.6) is 0 Å². The van der Waals surface area contributed by atoms with Gasteiger partial charge in [0.1, 0.15) is 0 Å². The van der Waals surface area contributed by atoms with E-state index in [4.69, 9.17) is 0 Å². The maximum atomic E-state index is 2.34. The van der Waals surface area contributed by atoms with E-state index in [2.05, 4.69) is 27.7 Å². The molecule has 0 unspecified atom stereocenters. The van der Waals surface area contributed by atoms with Crippen LogP contribution < -0.4 is 0 Å². The molecule has 0 fully saturated rings. The van der Waals surface area contributed by atoms with Crippen LogP contribution in [0.25, 0.3) is 0 Å². The molecule has 0 spiro atoms. The molecule has 9 heavy (non-hydrogen) atoms. The Hall–Kier alpha value is 0.799. The van der Waals surface area contributed by atoms with Gasteiger partial charge in [-0.2, -0.15) is 0 Å². The van der Waals surface area contributed by atoms with Crippen molar-refractivity contribution in [2.24, 2.45) is 5.41 Å². The van der Waals surface area contributed by atoms with Crippen molar-refractivity contribution < 1.29 is 0 Å². The third-order valence-electron chi connectivity index (χ3n) is 1.30. The summed E-state index contributed by atoms with van der Waals surface area (Å²) in [5.41, 5.74) is 0.593. The van der Waals surface area contributed by atoms with Crippen molar-refractivity contribution in [3.05, 3.63) is 0 Å². The summed E-state index contributed by atoms with van der Waals surface area (Å²) in [5.74, 6) is 0. The standard InChI is InChI=1S/C6H13.C2H5.Sn/c1-5-6(2,3)4;1-2;/h1,5H2,2-4H3;1H2,2H3;. The van der Waals surface area contributed by atoms with Crippen LogP contribution in [0, 0.1) is 5.41 Å². The first-order valence-corrected chi connectivity index (χ1v) is 7.80. The zero-order valence-electron chi connectivity index (χ0n) is 7.12. The van der Waals surface area contributed by atoms with E-state index in [1.807, 2.05) is 0 Å². The van der Waals surface area contributed by atoms with Gasteiger partial charge in [-0.1, -0.05) is 0 Å². The van der Waals surface area contributed by atoms with Crippen molar-refractivity contribution in [3.63, 3.8) is 0 Å². The summed E-state index contributed by atoms with van der Waals surface area (Å²) in [4.78, 5) is 0. The predicted molar refractivity (Wildman–Crippen MR) is 45.1 cm³/mol. The van der Waals surface area contributed by atoms with Gasteiger partial charge in [0.2, 0.25) is 0 Å². The average Bonchev–Trinajstić information content (AvgIpc) is 1.63. The van der Waals surface area contributed by atoms with E-state index in [0.717, 1.165) is 0 Å². The predicted octanol–water partition coefficient (Wildman–Crippen LogP) is 2.98. The molecule has 0 saturated heterocycles. The molecular formula is C8H18Sn. The molecule has 54 valence electrons. The molecule has 0 rings (SSSR count). The Morgan fingerprint density at radius 2 is 1.78 bits per heavy atom. The van der Waals surface area contributed by atoms with Gasteiger partial charge in [0, 0.05) is 0 Å². The first kappa shape index (κ1) is 9.80. The van der Waals surface area contributed by atoms with E-state index < -0.39 is 0 Å². The van der Waals surface area contributed by atoms with Gasteiger partial charge in [-0.25, -0.2) is 0 Å². The molecule has 0 aliphatic heterocycles. The van der Waals surface area contributed by atoms with E-state index in [9.17, 15) is 0 Å². The Morgan fingerprint density at radius 1 is 1.22 bits per heavy atom. The molecule has 0 amide bonds. The number of rotatable bonds is 3. The van der Waals surface area contributed by atoms with Crippen LogP contribution in [0.2, 0.25) is 8.87 Å². The van der Waals surface area contributed by atoms with Gasteiger partial charge in [0.15, 0.2) is 0 Å². The van der Waals surface area contributed by atoms with Crippen LogP contribution in [0.1, 0.15) is 34.1 Å². The molecule has 0 aliphatic rings. The first-order valence-electron chi connectivity index (χ1n) is 3.77. The third-order valence-corrected chi connectivity index (χ3v) is 4.45. The Labute approximate surface area is 69.6 Å². The van der Waals surface area contributed by atoms with E-state index in [1.54, 1.807) is 4.44 Å². The van der Waals surface area contributed by atoms with Crippen molar-refractivity contribution in [1.82, 2.24) is 0 Å². The second-order valence-electron chi connectivity index (χ2n) is 3.66. The van der Waals surface area contributed by atoms with Crippen molar-refractivity contribution in [2.75, 3.05) is 0 Å². The summed E-state index contributed by atoms with van der Waals surface area (Å²) in [6, 6.07) is 0. The molecule has 0 bridgehead atoms. The first-order chi connectivity index (χ1) is 4.06. The van der Waals surface area contributed by atoms with E-state index in [-0.39, 0.29) is 21.1 Å². The van der Waals surface area contributed by atoms with E-state index >= 15 is 0 Å². The number of hydrogen-bond acceptors (Lipinski definition) is 0. The minimum absolute atomic E-state index is 0.105. The third kappa shape index (κ3) is 8.80. The summed E-state index contributed by atoms with van der Waals surface area (Å²) < 4.78 is 3.09. The Bertz CT molecular complexity index is 61.5. The van der Waals surface area contributed by atoms with Gasteiger partial charge in [-0.15, -0.1) is 0 Å². The molecule has 0 aromatic carbocycles. The van der Waals surface area contributed by atoms with Gasteiger partial charge in [-0.3, -0.25) is 0 Å². The van der Waals surface area contributed by atoms with Crippen molar-refractivity contribution in [3.8, 4) is 0 Å². The maximum absolute atomic E-state index is 2.34. The summed E-state index contributed by atoms with van der Waals surface area (Å²) in [5, 5.41) is 0. The molecule has 0 aromatic rings. The van der Waals surface area contributed by atoms with E-state index in [0.29, 0.717) is 5.41 Å². The van der Waals surface area contributed by atoms with Crippen molar-refractivity contribution in [2.45, 2.75) is 43.0 Å².